The number of methoxy groups -OCH3 is 1. The number of rotatable bonds is 8. The molecule has 4 aromatic rings. The van der Waals surface area contributed by atoms with Crippen LogP contribution in [0, 0.1) is 5.82 Å². The highest BCUT2D eigenvalue weighted by molar-refractivity contribution is 7.91. The van der Waals surface area contributed by atoms with Gasteiger partial charge in [-0.05, 0) is 48.5 Å². The number of fused-ring (bicyclic) bond motifs is 1. The van der Waals surface area contributed by atoms with Gasteiger partial charge < -0.3 is 9.15 Å². The van der Waals surface area contributed by atoms with Crippen molar-refractivity contribution in [1.82, 2.24) is 4.98 Å². The predicted octanol–water partition coefficient (Wildman–Crippen LogP) is 4.43. The molecular formula is C22H19FN2O5S2. The minimum Gasteiger partial charge on any atom is -0.497 e. The van der Waals surface area contributed by atoms with E-state index in [2.05, 4.69) is 4.98 Å². The first kappa shape index (κ1) is 22.0. The van der Waals surface area contributed by atoms with E-state index in [-0.39, 0.29) is 34.3 Å². The molecule has 2 aromatic carbocycles. The van der Waals surface area contributed by atoms with Crippen LogP contribution in [-0.2, 0) is 21.2 Å². The Morgan fingerprint density at radius 1 is 1.16 bits per heavy atom. The van der Waals surface area contributed by atoms with Gasteiger partial charge in [-0.2, -0.15) is 0 Å². The summed E-state index contributed by atoms with van der Waals surface area (Å²) < 4.78 is 50.5. The molecule has 4 rings (SSSR count). The summed E-state index contributed by atoms with van der Waals surface area (Å²) in [5.41, 5.74) is 0.163. The van der Waals surface area contributed by atoms with Gasteiger partial charge in [0.05, 0.1) is 35.3 Å². The minimum atomic E-state index is -3.69. The molecular weight excluding hydrogens is 455 g/mol. The number of carbonyl (C=O) groups excluding carboxylic acids is 1. The number of sulfone groups is 1. The maximum absolute atomic E-state index is 14.1. The van der Waals surface area contributed by atoms with E-state index in [4.69, 9.17) is 9.15 Å². The number of para-hydroxylation sites is 1. The summed E-state index contributed by atoms with van der Waals surface area (Å²) in [6, 6.07) is 13.9. The molecule has 0 aliphatic rings. The number of thiazole rings is 1. The normalized spacial score (nSPS) is 11.6. The number of nitrogens with zero attached hydrogens (tertiary/aromatic N) is 2. The van der Waals surface area contributed by atoms with Crippen LogP contribution < -0.4 is 9.64 Å². The van der Waals surface area contributed by atoms with Crippen LogP contribution in [-0.4, -0.2) is 32.2 Å². The predicted molar refractivity (Wildman–Crippen MR) is 119 cm³/mol. The van der Waals surface area contributed by atoms with Crippen molar-refractivity contribution in [2.24, 2.45) is 0 Å². The molecule has 0 unspecified atom stereocenters. The van der Waals surface area contributed by atoms with Gasteiger partial charge in [-0.15, -0.1) is 0 Å². The molecule has 2 heterocycles. The Balaban J connectivity index is 1.57. The van der Waals surface area contributed by atoms with Crippen molar-refractivity contribution in [3.63, 3.8) is 0 Å². The molecule has 32 heavy (non-hydrogen) atoms. The summed E-state index contributed by atoms with van der Waals surface area (Å²) in [7, 11) is -2.20. The zero-order valence-electron chi connectivity index (χ0n) is 17.0. The van der Waals surface area contributed by atoms with Crippen molar-refractivity contribution in [2.45, 2.75) is 17.9 Å². The van der Waals surface area contributed by atoms with Gasteiger partial charge in [-0.3, -0.25) is 9.69 Å². The molecule has 0 aliphatic heterocycles. The summed E-state index contributed by atoms with van der Waals surface area (Å²) >= 11 is 1.15. The highest BCUT2D eigenvalue weighted by Crippen LogP contribution is 2.31. The van der Waals surface area contributed by atoms with Crippen LogP contribution in [0.2, 0.25) is 0 Å². The highest BCUT2D eigenvalue weighted by Gasteiger charge is 2.25. The number of hydrogen-bond acceptors (Lipinski definition) is 7. The number of halogens is 1. The van der Waals surface area contributed by atoms with E-state index in [1.54, 1.807) is 36.4 Å². The summed E-state index contributed by atoms with van der Waals surface area (Å²) in [6.45, 7) is 0.0514. The summed E-state index contributed by atoms with van der Waals surface area (Å²) in [5.74, 6) is -0.300. The molecule has 0 radical (unpaired) electrons. The first-order valence-corrected chi connectivity index (χ1v) is 12.1. The van der Waals surface area contributed by atoms with Gasteiger partial charge in [0.25, 0.3) is 0 Å². The monoisotopic (exact) mass is 474 g/mol. The molecule has 0 spiro atoms. The summed E-state index contributed by atoms with van der Waals surface area (Å²) in [4.78, 5) is 18.8. The second-order valence-corrected chi connectivity index (χ2v) is 10.0. The lowest BCUT2D eigenvalue weighted by Crippen LogP contribution is -2.31. The van der Waals surface area contributed by atoms with Crippen LogP contribution in [0.25, 0.3) is 10.2 Å². The number of furan rings is 1. The molecule has 0 bridgehead atoms. The Morgan fingerprint density at radius 2 is 1.94 bits per heavy atom. The molecule has 0 fully saturated rings. The Bertz CT molecular complexity index is 1330. The standard InChI is InChI=1S/C22H19FN2O5S2/c1-29-15-7-9-17(10-8-15)32(27,28)13-11-20(26)25(14-16-4-3-12-30-16)22-24-21-18(23)5-2-6-19(21)31-22/h2-10,12H,11,13-14H2,1H3. The fourth-order valence-electron chi connectivity index (χ4n) is 3.10. The number of amides is 1. The van der Waals surface area contributed by atoms with Crippen LogP contribution in [0.3, 0.4) is 0 Å². The van der Waals surface area contributed by atoms with Gasteiger partial charge in [0.2, 0.25) is 5.91 Å². The summed E-state index contributed by atoms with van der Waals surface area (Å²) in [5, 5.41) is 0.272. The SMILES string of the molecule is COc1ccc(S(=O)(=O)CCC(=O)N(Cc2ccco2)c2nc3c(F)cccc3s2)cc1. The van der Waals surface area contributed by atoms with E-state index in [0.717, 1.165) is 11.3 Å². The molecule has 10 heteroatoms. The Hall–Kier alpha value is -3.24. The van der Waals surface area contributed by atoms with Gasteiger partial charge in [0.15, 0.2) is 15.0 Å². The van der Waals surface area contributed by atoms with Gasteiger partial charge >= 0.3 is 0 Å². The zero-order chi connectivity index (χ0) is 22.7. The van der Waals surface area contributed by atoms with Gasteiger partial charge in [0.1, 0.15) is 22.8 Å². The second-order valence-electron chi connectivity index (χ2n) is 6.89. The highest BCUT2D eigenvalue weighted by atomic mass is 32.2. The molecule has 7 nitrogen and oxygen atoms in total. The smallest absolute Gasteiger partial charge is 0.230 e. The van der Waals surface area contributed by atoms with Crippen molar-refractivity contribution in [1.29, 1.82) is 0 Å². The van der Waals surface area contributed by atoms with E-state index < -0.39 is 21.6 Å². The van der Waals surface area contributed by atoms with Crippen molar-refractivity contribution >= 4 is 42.4 Å². The average molecular weight is 475 g/mol. The van der Waals surface area contributed by atoms with Crippen LogP contribution in [0.15, 0.2) is 70.2 Å². The lowest BCUT2D eigenvalue weighted by Gasteiger charge is -2.18. The first-order valence-electron chi connectivity index (χ1n) is 9.62. The molecule has 0 saturated carbocycles. The van der Waals surface area contributed by atoms with Gasteiger partial charge in [-0.1, -0.05) is 17.4 Å². The second kappa shape index (κ2) is 9.09. The Kier molecular flexibility index (Phi) is 6.24. The number of aromatic nitrogens is 1. The lowest BCUT2D eigenvalue weighted by atomic mass is 10.3. The molecule has 166 valence electrons. The van der Waals surface area contributed by atoms with E-state index in [9.17, 15) is 17.6 Å². The third kappa shape index (κ3) is 4.66. The first-order chi connectivity index (χ1) is 15.4. The largest absolute Gasteiger partial charge is 0.497 e. The molecule has 0 atom stereocenters. The average Bonchev–Trinajstić information content (AvgIpc) is 3.46. The molecule has 2 aromatic heterocycles. The number of carbonyl (C=O) groups is 1. The number of anilines is 1. The number of hydrogen-bond donors (Lipinski definition) is 0. The maximum atomic E-state index is 14.1. The third-order valence-corrected chi connectivity index (χ3v) is 7.56. The fraction of sp³-hybridized carbons (Fsp3) is 0.182. The van der Waals surface area contributed by atoms with Crippen molar-refractivity contribution in [3.8, 4) is 5.75 Å². The fourth-order valence-corrected chi connectivity index (χ4v) is 5.32. The number of ether oxygens (including phenoxy) is 1. The molecule has 0 saturated heterocycles. The van der Waals surface area contributed by atoms with Crippen molar-refractivity contribution < 1.29 is 26.8 Å². The quantitative estimate of drug-likeness (QED) is 0.375. The molecule has 1 amide bonds. The zero-order valence-corrected chi connectivity index (χ0v) is 18.7. The third-order valence-electron chi connectivity index (χ3n) is 4.79. The van der Waals surface area contributed by atoms with Gasteiger partial charge in [0, 0.05) is 6.42 Å². The van der Waals surface area contributed by atoms with Crippen molar-refractivity contribution in [2.75, 3.05) is 17.8 Å². The Labute approximate surface area is 188 Å². The van der Waals surface area contributed by atoms with E-state index in [1.165, 1.54) is 36.5 Å². The lowest BCUT2D eigenvalue weighted by molar-refractivity contribution is -0.118. The van der Waals surface area contributed by atoms with E-state index in [1.807, 2.05) is 0 Å². The van der Waals surface area contributed by atoms with E-state index >= 15 is 0 Å². The van der Waals surface area contributed by atoms with Crippen LogP contribution in [0.4, 0.5) is 9.52 Å². The maximum Gasteiger partial charge on any atom is 0.230 e. The van der Waals surface area contributed by atoms with E-state index in [0.29, 0.717) is 16.2 Å². The molecule has 0 aliphatic carbocycles. The minimum absolute atomic E-state index is 0.0514. The van der Waals surface area contributed by atoms with Crippen LogP contribution in [0.1, 0.15) is 12.2 Å². The van der Waals surface area contributed by atoms with Gasteiger partial charge in [-0.25, -0.2) is 17.8 Å². The molecule has 0 N–H and O–H groups in total. The Morgan fingerprint density at radius 3 is 2.59 bits per heavy atom. The topological polar surface area (TPSA) is 89.7 Å². The van der Waals surface area contributed by atoms with Crippen molar-refractivity contribution in [3.05, 3.63) is 72.4 Å². The number of benzene rings is 2. The van der Waals surface area contributed by atoms with Crippen LogP contribution in [0.5, 0.6) is 5.75 Å². The van der Waals surface area contributed by atoms with Crippen LogP contribution >= 0.6 is 11.3 Å². The summed E-state index contributed by atoms with van der Waals surface area (Å²) in [6.07, 6.45) is 1.21.